The van der Waals surface area contributed by atoms with Crippen LogP contribution in [0, 0.1) is 0 Å². The molecule has 1 fully saturated rings. The van der Waals surface area contributed by atoms with Crippen LogP contribution in [0.5, 0.6) is 0 Å². The first-order chi connectivity index (χ1) is 10.1. The van der Waals surface area contributed by atoms with Gasteiger partial charge in [-0.25, -0.2) is 0 Å². The lowest BCUT2D eigenvalue weighted by Crippen LogP contribution is -2.44. The molecule has 1 aliphatic carbocycles. The van der Waals surface area contributed by atoms with E-state index in [-0.39, 0.29) is 6.42 Å². The van der Waals surface area contributed by atoms with Gasteiger partial charge in [0.2, 0.25) is 0 Å². The largest absolute Gasteiger partial charge is 0.500 e. The van der Waals surface area contributed by atoms with Crippen molar-refractivity contribution in [2.24, 2.45) is 0 Å². The number of carboxylic acids is 1. The van der Waals surface area contributed by atoms with Crippen molar-refractivity contribution < 1.29 is 23.2 Å². The van der Waals surface area contributed by atoms with Gasteiger partial charge in [0, 0.05) is 40.0 Å². The number of rotatable bonds is 11. The number of hydrogen-bond donors (Lipinski definition) is 1. The molecule has 1 saturated carbocycles. The summed E-state index contributed by atoms with van der Waals surface area (Å²) in [6, 6.07) is 1.29. The Morgan fingerprint density at radius 2 is 1.71 bits per heavy atom. The Morgan fingerprint density at radius 1 is 1.14 bits per heavy atom. The van der Waals surface area contributed by atoms with E-state index in [1.54, 1.807) is 21.3 Å². The molecule has 1 aliphatic rings. The lowest BCUT2D eigenvalue weighted by atomic mass is 10.2. The third-order valence-electron chi connectivity index (χ3n) is 4.32. The summed E-state index contributed by atoms with van der Waals surface area (Å²) in [5.41, 5.74) is 0. The highest BCUT2D eigenvalue weighted by Gasteiger charge is 2.37. The summed E-state index contributed by atoms with van der Waals surface area (Å²) in [7, 11) is 2.36. The van der Waals surface area contributed by atoms with Crippen molar-refractivity contribution in [2.75, 3.05) is 34.4 Å². The minimum Gasteiger partial charge on any atom is -0.481 e. The SMILES string of the molecule is CO[Si](CCCN(CCC(=O)O)C1CCCC1)(OC)OC. The van der Waals surface area contributed by atoms with Gasteiger partial charge in [0.15, 0.2) is 0 Å². The molecule has 1 rings (SSSR count). The van der Waals surface area contributed by atoms with Crippen molar-refractivity contribution in [1.29, 1.82) is 0 Å². The summed E-state index contributed by atoms with van der Waals surface area (Å²) in [6.45, 7) is 1.50. The molecule has 0 aromatic heterocycles. The Morgan fingerprint density at radius 3 is 2.19 bits per heavy atom. The molecular formula is C14H29NO5Si. The van der Waals surface area contributed by atoms with E-state index in [0.717, 1.165) is 19.0 Å². The molecule has 124 valence electrons. The van der Waals surface area contributed by atoms with Crippen molar-refractivity contribution in [1.82, 2.24) is 4.90 Å². The summed E-state index contributed by atoms with van der Waals surface area (Å²) in [6.07, 6.45) is 5.97. The lowest BCUT2D eigenvalue weighted by Gasteiger charge is -2.30. The number of hydrogen-bond acceptors (Lipinski definition) is 5. The zero-order valence-electron chi connectivity index (χ0n) is 13.5. The Kier molecular flexibility index (Phi) is 8.43. The van der Waals surface area contributed by atoms with E-state index in [1.165, 1.54) is 25.7 Å². The monoisotopic (exact) mass is 319 g/mol. The molecule has 0 amide bonds. The van der Waals surface area contributed by atoms with Gasteiger partial charge in [0.1, 0.15) is 0 Å². The second kappa shape index (κ2) is 9.53. The molecule has 0 atom stereocenters. The maximum Gasteiger partial charge on any atom is 0.500 e. The van der Waals surface area contributed by atoms with Crippen LogP contribution in [0.15, 0.2) is 0 Å². The molecule has 1 N–H and O–H groups in total. The molecule has 21 heavy (non-hydrogen) atoms. The third kappa shape index (κ3) is 6.04. The summed E-state index contributed by atoms with van der Waals surface area (Å²) in [4.78, 5) is 13.1. The molecule has 0 unspecified atom stereocenters. The van der Waals surface area contributed by atoms with Crippen LogP contribution in [0.1, 0.15) is 38.5 Å². The molecule has 0 aromatic carbocycles. The molecular weight excluding hydrogens is 290 g/mol. The topological polar surface area (TPSA) is 68.2 Å². The van der Waals surface area contributed by atoms with Crippen LogP contribution in [-0.4, -0.2) is 65.2 Å². The molecule has 0 aromatic rings. The van der Waals surface area contributed by atoms with Crippen LogP contribution in [0.4, 0.5) is 0 Å². The molecule has 0 radical (unpaired) electrons. The van der Waals surface area contributed by atoms with E-state index in [0.29, 0.717) is 12.6 Å². The van der Waals surface area contributed by atoms with Gasteiger partial charge in [-0.15, -0.1) is 0 Å². The minimum absolute atomic E-state index is 0.206. The lowest BCUT2D eigenvalue weighted by molar-refractivity contribution is -0.137. The van der Waals surface area contributed by atoms with E-state index in [2.05, 4.69) is 4.90 Å². The quantitative estimate of drug-likeness (QED) is 0.587. The van der Waals surface area contributed by atoms with E-state index in [4.69, 9.17) is 18.4 Å². The summed E-state index contributed by atoms with van der Waals surface area (Å²) >= 11 is 0. The second-order valence-electron chi connectivity index (χ2n) is 5.52. The van der Waals surface area contributed by atoms with E-state index in [9.17, 15) is 4.79 Å². The fourth-order valence-corrected chi connectivity index (χ4v) is 4.74. The van der Waals surface area contributed by atoms with Gasteiger partial charge in [-0.05, 0) is 25.8 Å². The summed E-state index contributed by atoms with van der Waals surface area (Å²) in [5.74, 6) is -0.729. The van der Waals surface area contributed by atoms with Crippen molar-refractivity contribution in [3.8, 4) is 0 Å². The van der Waals surface area contributed by atoms with Crippen molar-refractivity contribution in [2.45, 2.75) is 50.6 Å². The average molecular weight is 319 g/mol. The maximum absolute atomic E-state index is 10.8. The van der Waals surface area contributed by atoms with Gasteiger partial charge < -0.3 is 18.4 Å². The fourth-order valence-electron chi connectivity index (χ4n) is 3.04. The highest BCUT2D eigenvalue weighted by molar-refractivity contribution is 6.60. The first kappa shape index (κ1) is 18.6. The van der Waals surface area contributed by atoms with Gasteiger partial charge in [0.25, 0.3) is 0 Å². The molecule has 0 aliphatic heterocycles. The highest BCUT2D eigenvalue weighted by atomic mass is 28.4. The Labute approximate surface area is 128 Å². The summed E-state index contributed by atoms with van der Waals surface area (Å²) in [5, 5.41) is 8.89. The summed E-state index contributed by atoms with van der Waals surface area (Å²) < 4.78 is 16.3. The molecule has 6 nitrogen and oxygen atoms in total. The Balaban J connectivity index is 2.46. The van der Waals surface area contributed by atoms with Gasteiger partial charge in [-0.2, -0.15) is 0 Å². The van der Waals surface area contributed by atoms with Gasteiger partial charge >= 0.3 is 14.8 Å². The Hall–Kier alpha value is -0.473. The van der Waals surface area contributed by atoms with E-state index >= 15 is 0 Å². The van der Waals surface area contributed by atoms with Crippen molar-refractivity contribution in [3.63, 3.8) is 0 Å². The van der Waals surface area contributed by atoms with E-state index in [1.807, 2.05) is 0 Å². The molecule has 0 bridgehead atoms. The number of carbonyl (C=O) groups is 1. The van der Waals surface area contributed by atoms with Crippen LogP contribution < -0.4 is 0 Å². The molecule has 0 spiro atoms. The first-order valence-corrected chi connectivity index (χ1v) is 9.61. The highest BCUT2D eigenvalue weighted by Crippen LogP contribution is 2.25. The molecule has 0 heterocycles. The molecule has 7 heteroatoms. The van der Waals surface area contributed by atoms with Crippen molar-refractivity contribution >= 4 is 14.8 Å². The normalized spacial score (nSPS) is 16.8. The number of nitrogens with zero attached hydrogens (tertiary/aromatic N) is 1. The molecule has 0 saturated heterocycles. The van der Waals surface area contributed by atoms with Crippen LogP contribution in [0.2, 0.25) is 6.04 Å². The van der Waals surface area contributed by atoms with Gasteiger partial charge in [-0.3, -0.25) is 9.69 Å². The minimum atomic E-state index is -2.51. The predicted octanol–water partition coefficient (Wildman–Crippen LogP) is 1.97. The standard InChI is InChI=1S/C14H29NO5Si/c1-18-21(19-2,20-3)12-6-10-15(11-9-14(16)17)13-7-4-5-8-13/h13H,4-12H2,1-3H3,(H,16,17). The number of aliphatic carboxylic acids is 1. The van der Waals surface area contributed by atoms with Gasteiger partial charge in [0.05, 0.1) is 6.42 Å². The zero-order chi connectivity index (χ0) is 15.7. The average Bonchev–Trinajstić information content (AvgIpc) is 3.01. The van der Waals surface area contributed by atoms with Crippen LogP contribution in [0.25, 0.3) is 0 Å². The smallest absolute Gasteiger partial charge is 0.481 e. The maximum atomic E-state index is 10.8. The zero-order valence-corrected chi connectivity index (χ0v) is 14.5. The van der Waals surface area contributed by atoms with Crippen LogP contribution >= 0.6 is 0 Å². The van der Waals surface area contributed by atoms with Crippen LogP contribution in [-0.2, 0) is 18.1 Å². The van der Waals surface area contributed by atoms with Crippen LogP contribution in [0.3, 0.4) is 0 Å². The predicted molar refractivity (Wildman–Crippen MR) is 82.3 cm³/mol. The third-order valence-corrected chi connectivity index (χ3v) is 7.15. The number of carboxylic acid groups (broad SMARTS) is 1. The second-order valence-corrected chi connectivity index (χ2v) is 8.61. The Bertz CT molecular complexity index is 297. The van der Waals surface area contributed by atoms with E-state index < -0.39 is 14.8 Å². The van der Waals surface area contributed by atoms with Gasteiger partial charge in [-0.1, -0.05) is 12.8 Å². The fraction of sp³-hybridized carbons (Fsp3) is 0.929. The van der Waals surface area contributed by atoms with Crippen molar-refractivity contribution in [3.05, 3.63) is 0 Å². The first-order valence-electron chi connectivity index (χ1n) is 7.68.